The standard InChI is InChI=1S/C22H24N6O/c1-13(29)8-14-5-7-28(11-14)12-16-10-18-21(25-16)17-3-2-15(19-4-6-24-27-19)9-20(17)26-22(18)23/h2-4,6,9-10,14,25H,5,7-8,11-12H2,1H3,(H2,23,26)(H,24,27)/t14-/m1/s1. The number of rotatable bonds is 5. The Balaban J connectivity index is 1.46. The Bertz CT molecular complexity index is 1190. The van der Waals surface area contributed by atoms with Gasteiger partial charge in [0, 0.05) is 47.7 Å². The van der Waals surface area contributed by atoms with Gasteiger partial charge in [0.1, 0.15) is 11.6 Å². The first-order chi connectivity index (χ1) is 14.1. The Hall–Kier alpha value is -3.19. The molecule has 1 aliphatic heterocycles. The van der Waals surface area contributed by atoms with E-state index < -0.39 is 0 Å². The molecule has 3 aromatic heterocycles. The number of nitrogens with two attached hydrogens (primary N) is 1. The zero-order valence-corrected chi connectivity index (χ0v) is 16.4. The zero-order valence-electron chi connectivity index (χ0n) is 16.4. The number of aromatic amines is 2. The van der Waals surface area contributed by atoms with E-state index in [1.54, 1.807) is 13.1 Å². The van der Waals surface area contributed by atoms with Gasteiger partial charge >= 0.3 is 0 Å². The van der Waals surface area contributed by atoms with Gasteiger partial charge in [-0.05, 0) is 44.0 Å². The van der Waals surface area contributed by atoms with Gasteiger partial charge in [-0.2, -0.15) is 5.10 Å². The second-order valence-corrected chi connectivity index (χ2v) is 8.08. The summed E-state index contributed by atoms with van der Waals surface area (Å²) in [6.45, 7) is 4.50. The largest absolute Gasteiger partial charge is 0.383 e. The molecule has 7 nitrogen and oxygen atoms in total. The minimum Gasteiger partial charge on any atom is -0.383 e. The summed E-state index contributed by atoms with van der Waals surface area (Å²) in [6.07, 6.45) is 3.51. The Kier molecular flexibility index (Phi) is 4.32. The molecule has 0 saturated carbocycles. The predicted molar refractivity (Wildman–Crippen MR) is 114 cm³/mol. The quantitative estimate of drug-likeness (QED) is 0.485. The number of nitrogen functional groups attached to an aromatic ring is 1. The third-order valence-corrected chi connectivity index (χ3v) is 5.81. The molecule has 0 aliphatic carbocycles. The number of aromatic nitrogens is 4. The number of hydrogen-bond acceptors (Lipinski definition) is 5. The lowest BCUT2D eigenvalue weighted by atomic mass is 10.0. The van der Waals surface area contributed by atoms with Gasteiger partial charge in [-0.3, -0.25) is 10.00 Å². The van der Waals surface area contributed by atoms with Crippen molar-refractivity contribution in [1.82, 2.24) is 25.1 Å². The van der Waals surface area contributed by atoms with Crippen LogP contribution >= 0.6 is 0 Å². The molecule has 1 saturated heterocycles. The molecule has 0 radical (unpaired) electrons. The molecular weight excluding hydrogens is 364 g/mol. The number of carbonyl (C=O) groups is 1. The van der Waals surface area contributed by atoms with Gasteiger partial charge in [-0.1, -0.05) is 12.1 Å². The first kappa shape index (κ1) is 17.9. The number of likely N-dealkylation sites (tertiary alicyclic amines) is 1. The van der Waals surface area contributed by atoms with Crippen molar-refractivity contribution < 1.29 is 4.79 Å². The SMILES string of the molecule is CC(=O)C[C@H]1CCN(Cc2cc3c(N)nc4cc(-c5ccn[nH]5)ccc4c3[nH]2)C1. The summed E-state index contributed by atoms with van der Waals surface area (Å²) >= 11 is 0. The maximum Gasteiger partial charge on any atom is 0.133 e. The van der Waals surface area contributed by atoms with Crippen molar-refractivity contribution in [3.63, 3.8) is 0 Å². The van der Waals surface area contributed by atoms with E-state index in [0.29, 0.717) is 18.2 Å². The molecule has 4 aromatic rings. The monoisotopic (exact) mass is 388 g/mol. The lowest BCUT2D eigenvalue weighted by molar-refractivity contribution is -0.117. The van der Waals surface area contributed by atoms with Gasteiger partial charge in [-0.25, -0.2) is 4.98 Å². The van der Waals surface area contributed by atoms with Crippen LogP contribution in [0.3, 0.4) is 0 Å². The predicted octanol–water partition coefficient (Wildman–Crippen LogP) is 3.49. The molecule has 5 rings (SSSR count). The molecule has 0 unspecified atom stereocenters. The maximum atomic E-state index is 11.4. The third-order valence-electron chi connectivity index (χ3n) is 5.81. The van der Waals surface area contributed by atoms with Crippen LogP contribution in [0.5, 0.6) is 0 Å². The van der Waals surface area contributed by atoms with E-state index in [1.807, 2.05) is 12.1 Å². The summed E-state index contributed by atoms with van der Waals surface area (Å²) in [5.41, 5.74) is 11.3. The average Bonchev–Trinajstić information content (AvgIpc) is 3.42. The summed E-state index contributed by atoms with van der Waals surface area (Å²) in [7, 11) is 0. The second kappa shape index (κ2) is 7.00. The van der Waals surface area contributed by atoms with Crippen molar-refractivity contribution >= 4 is 33.4 Å². The number of fused-ring (bicyclic) bond motifs is 3. The van der Waals surface area contributed by atoms with E-state index in [1.165, 1.54) is 0 Å². The number of anilines is 1. The van der Waals surface area contributed by atoms with Crippen molar-refractivity contribution in [2.75, 3.05) is 18.8 Å². The smallest absolute Gasteiger partial charge is 0.133 e. The fourth-order valence-electron chi connectivity index (χ4n) is 4.49. The summed E-state index contributed by atoms with van der Waals surface area (Å²) in [5, 5.41) is 9.02. The van der Waals surface area contributed by atoms with E-state index >= 15 is 0 Å². The molecule has 7 heteroatoms. The van der Waals surface area contributed by atoms with E-state index in [9.17, 15) is 4.79 Å². The number of nitrogens with zero attached hydrogens (tertiary/aromatic N) is 3. The van der Waals surface area contributed by atoms with Crippen LogP contribution in [0.1, 0.15) is 25.5 Å². The van der Waals surface area contributed by atoms with Gasteiger partial charge in [0.15, 0.2) is 0 Å². The molecule has 29 heavy (non-hydrogen) atoms. The van der Waals surface area contributed by atoms with Crippen LogP contribution in [0, 0.1) is 5.92 Å². The highest BCUT2D eigenvalue weighted by Crippen LogP contribution is 2.31. The van der Waals surface area contributed by atoms with Gasteiger partial charge in [0.2, 0.25) is 0 Å². The molecule has 0 bridgehead atoms. The molecule has 4 heterocycles. The summed E-state index contributed by atoms with van der Waals surface area (Å²) < 4.78 is 0. The van der Waals surface area contributed by atoms with Crippen LogP contribution in [0.2, 0.25) is 0 Å². The van der Waals surface area contributed by atoms with Crippen LogP contribution < -0.4 is 5.73 Å². The molecule has 0 spiro atoms. The molecular formula is C22H24N6O. The van der Waals surface area contributed by atoms with Crippen molar-refractivity contribution in [3.8, 4) is 11.3 Å². The average molecular weight is 388 g/mol. The molecule has 1 aromatic carbocycles. The van der Waals surface area contributed by atoms with Crippen LogP contribution in [0.4, 0.5) is 5.82 Å². The minimum atomic E-state index is 0.280. The number of Topliss-reactive ketones (excluding diaryl/α,β-unsaturated/α-hetero) is 1. The van der Waals surface area contributed by atoms with E-state index in [0.717, 1.165) is 64.8 Å². The Labute approximate surface area is 168 Å². The number of H-pyrrole nitrogens is 2. The number of pyridine rings is 1. The number of ketones is 1. The molecule has 0 amide bonds. The number of benzene rings is 1. The highest BCUT2D eigenvalue weighted by atomic mass is 16.1. The normalized spacial score (nSPS) is 17.5. The third kappa shape index (κ3) is 3.38. The molecule has 1 aliphatic rings. The van der Waals surface area contributed by atoms with E-state index in [4.69, 9.17) is 5.73 Å². The molecule has 4 N–H and O–H groups in total. The minimum absolute atomic E-state index is 0.280. The molecule has 1 atom stereocenters. The van der Waals surface area contributed by atoms with Crippen LogP contribution in [-0.4, -0.2) is 43.9 Å². The second-order valence-electron chi connectivity index (χ2n) is 8.08. The molecule has 1 fully saturated rings. The van der Waals surface area contributed by atoms with Gasteiger partial charge in [0.25, 0.3) is 0 Å². The van der Waals surface area contributed by atoms with Crippen molar-refractivity contribution in [1.29, 1.82) is 0 Å². The van der Waals surface area contributed by atoms with Gasteiger partial charge in [0.05, 0.1) is 16.7 Å². The highest BCUT2D eigenvalue weighted by Gasteiger charge is 2.24. The lowest BCUT2D eigenvalue weighted by Gasteiger charge is -2.14. The Morgan fingerprint density at radius 3 is 2.97 bits per heavy atom. The summed E-state index contributed by atoms with van der Waals surface area (Å²) in [4.78, 5) is 22.0. The van der Waals surface area contributed by atoms with Crippen molar-refractivity contribution in [2.45, 2.75) is 26.3 Å². The topological polar surface area (TPSA) is 104 Å². The first-order valence-corrected chi connectivity index (χ1v) is 9.99. The highest BCUT2D eigenvalue weighted by molar-refractivity contribution is 6.08. The van der Waals surface area contributed by atoms with E-state index in [2.05, 4.69) is 43.3 Å². The van der Waals surface area contributed by atoms with Crippen LogP contribution in [0.25, 0.3) is 33.1 Å². The van der Waals surface area contributed by atoms with E-state index in [-0.39, 0.29) is 5.78 Å². The Morgan fingerprint density at radius 2 is 2.17 bits per heavy atom. The van der Waals surface area contributed by atoms with Gasteiger partial charge in [-0.15, -0.1) is 0 Å². The fourth-order valence-corrected chi connectivity index (χ4v) is 4.49. The Morgan fingerprint density at radius 1 is 1.28 bits per heavy atom. The zero-order chi connectivity index (χ0) is 20.0. The lowest BCUT2D eigenvalue weighted by Crippen LogP contribution is -2.20. The van der Waals surface area contributed by atoms with Gasteiger partial charge < -0.3 is 15.5 Å². The number of nitrogens with one attached hydrogen (secondary N) is 2. The van der Waals surface area contributed by atoms with Crippen molar-refractivity contribution in [2.24, 2.45) is 5.92 Å². The fraction of sp³-hybridized carbons (Fsp3) is 0.318. The van der Waals surface area contributed by atoms with Crippen molar-refractivity contribution in [3.05, 3.63) is 42.2 Å². The van der Waals surface area contributed by atoms with Crippen LogP contribution in [-0.2, 0) is 11.3 Å². The molecule has 148 valence electrons. The number of hydrogen-bond donors (Lipinski definition) is 3. The number of carbonyl (C=O) groups excluding carboxylic acids is 1. The summed E-state index contributed by atoms with van der Waals surface area (Å²) in [5.74, 6) is 1.29. The summed E-state index contributed by atoms with van der Waals surface area (Å²) in [6, 6.07) is 10.2. The maximum absolute atomic E-state index is 11.4. The van der Waals surface area contributed by atoms with Crippen LogP contribution in [0.15, 0.2) is 36.5 Å². The first-order valence-electron chi connectivity index (χ1n) is 9.99.